The minimum Gasteiger partial charge on any atom is -0.331 e. The van der Waals surface area contributed by atoms with Crippen LogP contribution in [0, 0.1) is 0 Å². The van der Waals surface area contributed by atoms with Crippen molar-refractivity contribution < 1.29 is 0 Å². The van der Waals surface area contributed by atoms with Crippen LogP contribution < -0.4 is 0 Å². The third kappa shape index (κ3) is 1.09. The van der Waals surface area contributed by atoms with Crippen molar-refractivity contribution in [1.29, 1.82) is 0 Å². The van der Waals surface area contributed by atoms with Gasteiger partial charge in [-0.05, 0) is 18.6 Å². The molecule has 0 saturated carbocycles. The summed E-state index contributed by atoms with van der Waals surface area (Å²) in [5, 5.41) is 0. The number of nitrogens with zero attached hydrogens (tertiary/aromatic N) is 2. The lowest BCUT2D eigenvalue weighted by atomic mass is 10.3. The average Bonchev–Trinajstić information content (AvgIpc) is 2.50. The Morgan fingerprint density at radius 1 is 1.33 bits per heavy atom. The second kappa shape index (κ2) is 2.97. The van der Waals surface area contributed by atoms with E-state index in [4.69, 9.17) is 0 Å². The van der Waals surface area contributed by atoms with Crippen LogP contribution in [0.3, 0.4) is 0 Å². The van der Waals surface area contributed by atoms with Gasteiger partial charge in [-0.3, -0.25) is 0 Å². The zero-order valence-electron chi connectivity index (χ0n) is 7.20. The molecule has 0 saturated heterocycles. The highest BCUT2D eigenvalue weighted by atomic mass is 15.0. The molecule has 12 heavy (non-hydrogen) atoms. The lowest BCUT2D eigenvalue weighted by Crippen LogP contribution is -1.92. The Balaban J connectivity index is 2.55. The van der Waals surface area contributed by atoms with Crippen molar-refractivity contribution in [3.63, 3.8) is 0 Å². The monoisotopic (exact) mass is 160 g/mol. The second-order valence-corrected chi connectivity index (χ2v) is 2.93. The van der Waals surface area contributed by atoms with E-state index < -0.39 is 0 Å². The summed E-state index contributed by atoms with van der Waals surface area (Å²) >= 11 is 0. The fourth-order valence-electron chi connectivity index (χ4n) is 1.43. The van der Waals surface area contributed by atoms with Crippen LogP contribution in [-0.2, 0) is 6.54 Å². The molecule has 0 bridgehead atoms. The quantitative estimate of drug-likeness (QED) is 0.659. The summed E-state index contributed by atoms with van der Waals surface area (Å²) in [4.78, 5) is 4.30. The Kier molecular flexibility index (Phi) is 1.82. The molecule has 62 valence electrons. The van der Waals surface area contributed by atoms with Crippen LogP contribution in [0.4, 0.5) is 0 Å². The van der Waals surface area contributed by atoms with Crippen LogP contribution in [0.2, 0.25) is 0 Å². The number of imidazole rings is 1. The molecule has 0 radical (unpaired) electrons. The van der Waals surface area contributed by atoms with E-state index in [-0.39, 0.29) is 0 Å². The minimum absolute atomic E-state index is 1.06. The lowest BCUT2D eigenvalue weighted by molar-refractivity contribution is 0.697. The highest BCUT2D eigenvalue weighted by Crippen LogP contribution is 2.11. The molecule has 0 aliphatic rings. The molecule has 0 atom stereocenters. The van der Waals surface area contributed by atoms with Crippen LogP contribution in [-0.4, -0.2) is 9.55 Å². The van der Waals surface area contributed by atoms with Crippen molar-refractivity contribution in [2.75, 3.05) is 0 Å². The van der Waals surface area contributed by atoms with E-state index in [1.807, 2.05) is 18.5 Å². The van der Waals surface area contributed by atoms with Gasteiger partial charge in [0.2, 0.25) is 0 Å². The van der Waals surface area contributed by atoms with Crippen molar-refractivity contribution in [1.82, 2.24) is 9.55 Å². The summed E-state index contributed by atoms with van der Waals surface area (Å²) in [6.45, 7) is 3.23. The fourth-order valence-corrected chi connectivity index (χ4v) is 1.43. The van der Waals surface area contributed by atoms with Gasteiger partial charge in [0.1, 0.15) is 0 Å². The molecule has 2 rings (SSSR count). The van der Waals surface area contributed by atoms with Gasteiger partial charge in [0, 0.05) is 6.54 Å². The van der Waals surface area contributed by atoms with Gasteiger partial charge in [-0.2, -0.15) is 0 Å². The third-order valence-electron chi connectivity index (χ3n) is 1.99. The molecule has 0 aliphatic heterocycles. The van der Waals surface area contributed by atoms with E-state index in [1.54, 1.807) is 0 Å². The van der Waals surface area contributed by atoms with E-state index in [0.717, 1.165) is 18.5 Å². The van der Waals surface area contributed by atoms with Gasteiger partial charge in [0.15, 0.2) is 0 Å². The SMILES string of the molecule is CCCn1cnc2ccccc21. The Hall–Kier alpha value is -1.31. The lowest BCUT2D eigenvalue weighted by Gasteiger charge is -1.99. The van der Waals surface area contributed by atoms with E-state index in [9.17, 15) is 0 Å². The number of aromatic nitrogens is 2. The van der Waals surface area contributed by atoms with Gasteiger partial charge >= 0.3 is 0 Å². The largest absolute Gasteiger partial charge is 0.331 e. The molecule has 0 spiro atoms. The van der Waals surface area contributed by atoms with Crippen molar-refractivity contribution >= 4 is 11.0 Å². The van der Waals surface area contributed by atoms with Gasteiger partial charge < -0.3 is 4.57 Å². The van der Waals surface area contributed by atoms with E-state index >= 15 is 0 Å². The number of rotatable bonds is 2. The zero-order chi connectivity index (χ0) is 8.39. The minimum atomic E-state index is 1.06. The molecule has 2 aromatic rings. The summed E-state index contributed by atoms with van der Waals surface area (Å²) in [7, 11) is 0. The molecular formula is C10H12N2. The van der Waals surface area contributed by atoms with Crippen molar-refractivity contribution in [2.24, 2.45) is 0 Å². The van der Waals surface area contributed by atoms with Gasteiger partial charge in [0.25, 0.3) is 0 Å². The Bertz CT molecular complexity index is 376. The molecule has 1 heterocycles. The van der Waals surface area contributed by atoms with E-state index in [1.165, 1.54) is 5.52 Å². The van der Waals surface area contributed by atoms with E-state index in [0.29, 0.717) is 0 Å². The van der Waals surface area contributed by atoms with Crippen LogP contribution >= 0.6 is 0 Å². The first-order valence-corrected chi connectivity index (χ1v) is 4.31. The van der Waals surface area contributed by atoms with Crippen molar-refractivity contribution in [2.45, 2.75) is 19.9 Å². The zero-order valence-corrected chi connectivity index (χ0v) is 7.20. The summed E-state index contributed by atoms with van der Waals surface area (Å²) in [6, 6.07) is 8.22. The molecule has 1 aromatic heterocycles. The molecule has 2 nitrogen and oxygen atoms in total. The van der Waals surface area contributed by atoms with Gasteiger partial charge in [-0.25, -0.2) is 4.98 Å². The molecule has 1 aromatic carbocycles. The highest BCUT2D eigenvalue weighted by molar-refractivity contribution is 5.74. The topological polar surface area (TPSA) is 17.8 Å². The second-order valence-electron chi connectivity index (χ2n) is 2.93. The van der Waals surface area contributed by atoms with Gasteiger partial charge in [-0.15, -0.1) is 0 Å². The van der Waals surface area contributed by atoms with Crippen LogP contribution in [0.1, 0.15) is 13.3 Å². The number of aryl methyl sites for hydroxylation is 1. The molecule has 0 amide bonds. The van der Waals surface area contributed by atoms with Crippen LogP contribution in [0.15, 0.2) is 30.6 Å². The molecular weight excluding hydrogens is 148 g/mol. The molecule has 0 aliphatic carbocycles. The standard InChI is InChI=1S/C10H12N2/c1-2-7-12-8-11-9-5-3-4-6-10(9)12/h3-6,8H,2,7H2,1H3. The number of para-hydroxylation sites is 2. The number of hydrogen-bond acceptors (Lipinski definition) is 1. The van der Waals surface area contributed by atoms with Crippen LogP contribution in [0.25, 0.3) is 11.0 Å². The average molecular weight is 160 g/mol. The van der Waals surface area contributed by atoms with E-state index in [2.05, 4.69) is 28.6 Å². The first-order chi connectivity index (χ1) is 5.92. The number of hydrogen-bond donors (Lipinski definition) is 0. The fraction of sp³-hybridized carbons (Fsp3) is 0.300. The predicted octanol–water partition coefficient (Wildman–Crippen LogP) is 2.45. The highest BCUT2D eigenvalue weighted by Gasteiger charge is 1.98. The first kappa shape index (κ1) is 7.35. The normalized spacial score (nSPS) is 10.8. The molecule has 0 N–H and O–H groups in total. The summed E-state index contributed by atoms with van der Waals surface area (Å²) in [5.41, 5.74) is 2.32. The van der Waals surface area contributed by atoms with Crippen molar-refractivity contribution in [3.8, 4) is 0 Å². The van der Waals surface area contributed by atoms with Gasteiger partial charge in [-0.1, -0.05) is 19.1 Å². The Morgan fingerprint density at radius 2 is 2.17 bits per heavy atom. The molecule has 0 fully saturated rings. The van der Waals surface area contributed by atoms with Gasteiger partial charge in [0.05, 0.1) is 17.4 Å². The maximum absolute atomic E-state index is 4.30. The summed E-state index contributed by atoms with van der Waals surface area (Å²) < 4.78 is 2.19. The summed E-state index contributed by atoms with van der Waals surface area (Å²) in [6.07, 6.45) is 3.06. The maximum atomic E-state index is 4.30. The molecule has 0 unspecified atom stereocenters. The third-order valence-corrected chi connectivity index (χ3v) is 1.99. The smallest absolute Gasteiger partial charge is 0.0958 e. The number of fused-ring (bicyclic) bond motifs is 1. The Morgan fingerprint density at radius 3 is 3.00 bits per heavy atom. The first-order valence-electron chi connectivity index (χ1n) is 4.31. The number of benzene rings is 1. The molecule has 2 heteroatoms. The summed E-state index contributed by atoms with van der Waals surface area (Å²) in [5.74, 6) is 0. The maximum Gasteiger partial charge on any atom is 0.0958 e. The van der Waals surface area contributed by atoms with Crippen molar-refractivity contribution in [3.05, 3.63) is 30.6 Å². The Labute approximate surface area is 71.8 Å². The predicted molar refractivity (Wildman–Crippen MR) is 50.0 cm³/mol. The van der Waals surface area contributed by atoms with Crippen LogP contribution in [0.5, 0.6) is 0 Å².